The van der Waals surface area contributed by atoms with Crippen molar-refractivity contribution >= 4 is 0 Å². The predicted molar refractivity (Wildman–Crippen MR) is 83.1 cm³/mol. The summed E-state index contributed by atoms with van der Waals surface area (Å²) in [6, 6.07) is 12.9. The number of benzene rings is 1. The molecule has 0 aliphatic rings. The molecule has 2 rings (SSSR count). The molecule has 0 spiro atoms. The second kappa shape index (κ2) is 7.17. The first-order valence-corrected chi connectivity index (χ1v) is 7.12. The zero-order valence-corrected chi connectivity index (χ0v) is 12.3. The molecule has 0 aliphatic heterocycles. The Morgan fingerprint density at radius 3 is 2.40 bits per heavy atom. The topological polar surface area (TPSA) is 42.2 Å². The van der Waals surface area contributed by atoms with E-state index in [0.29, 0.717) is 6.54 Å². The standard InChI is InChI=1S/C17H23N3/c1-3-14-6-8-15(9-7-14)12-20(2)13-16-5-4-10-19-17(16)11-18/h4-10H,3,11-13,18H2,1-2H3. The lowest BCUT2D eigenvalue weighted by atomic mass is 10.1. The molecule has 20 heavy (non-hydrogen) atoms. The fourth-order valence-corrected chi connectivity index (χ4v) is 2.34. The van der Waals surface area contributed by atoms with Gasteiger partial charge in [0, 0.05) is 25.8 Å². The maximum absolute atomic E-state index is 5.73. The normalized spacial score (nSPS) is 11.0. The fraction of sp³-hybridized carbons (Fsp3) is 0.353. The van der Waals surface area contributed by atoms with Crippen LogP contribution in [0.25, 0.3) is 0 Å². The fourth-order valence-electron chi connectivity index (χ4n) is 2.34. The van der Waals surface area contributed by atoms with Crippen molar-refractivity contribution in [3.63, 3.8) is 0 Å². The summed E-state index contributed by atoms with van der Waals surface area (Å²) in [6.07, 6.45) is 2.89. The van der Waals surface area contributed by atoms with Gasteiger partial charge in [-0.2, -0.15) is 0 Å². The van der Waals surface area contributed by atoms with Crippen molar-refractivity contribution in [2.75, 3.05) is 7.05 Å². The van der Waals surface area contributed by atoms with Crippen LogP contribution in [-0.4, -0.2) is 16.9 Å². The van der Waals surface area contributed by atoms with Crippen LogP contribution in [0.4, 0.5) is 0 Å². The van der Waals surface area contributed by atoms with Gasteiger partial charge in [0.1, 0.15) is 0 Å². The van der Waals surface area contributed by atoms with Crippen LogP contribution in [0.15, 0.2) is 42.6 Å². The molecular weight excluding hydrogens is 246 g/mol. The van der Waals surface area contributed by atoms with E-state index in [-0.39, 0.29) is 0 Å². The quantitative estimate of drug-likeness (QED) is 0.876. The van der Waals surface area contributed by atoms with Gasteiger partial charge in [-0.3, -0.25) is 9.88 Å². The molecule has 3 nitrogen and oxygen atoms in total. The summed E-state index contributed by atoms with van der Waals surface area (Å²) in [5, 5.41) is 0. The van der Waals surface area contributed by atoms with Crippen LogP contribution in [0.1, 0.15) is 29.3 Å². The van der Waals surface area contributed by atoms with Gasteiger partial charge in [-0.1, -0.05) is 37.3 Å². The minimum absolute atomic E-state index is 0.495. The van der Waals surface area contributed by atoms with Crippen molar-refractivity contribution in [1.29, 1.82) is 0 Å². The number of hydrogen-bond donors (Lipinski definition) is 1. The molecule has 2 N–H and O–H groups in total. The van der Waals surface area contributed by atoms with E-state index in [2.05, 4.69) is 54.2 Å². The van der Waals surface area contributed by atoms with Crippen LogP contribution in [-0.2, 0) is 26.1 Å². The van der Waals surface area contributed by atoms with Gasteiger partial charge in [-0.25, -0.2) is 0 Å². The number of hydrogen-bond acceptors (Lipinski definition) is 3. The monoisotopic (exact) mass is 269 g/mol. The molecule has 0 saturated carbocycles. The van der Waals surface area contributed by atoms with Crippen LogP contribution < -0.4 is 5.73 Å². The first-order valence-electron chi connectivity index (χ1n) is 7.12. The first-order chi connectivity index (χ1) is 9.72. The summed E-state index contributed by atoms with van der Waals surface area (Å²) >= 11 is 0. The van der Waals surface area contributed by atoms with Crippen LogP contribution >= 0.6 is 0 Å². The molecule has 3 heteroatoms. The Morgan fingerprint density at radius 1 is 1.05 bits per heavy atom. The van der Waals surface area contributed by atoms with E-state index in [9.17, 15) is 0 Å². The predicted octanol–water partition coefficient (Wildman–Crippen LogP) is 2.73. The van der Waals surface area contributed by atoms with Gasteiger partial charge in [0.15, 0.2) is 0 Å². The average Bonchev–Trinajstić information content (AvgIpc) is 2.48. The molecule has 0 radical (unpaired) electrons. The van der Waals surface area contributed by atoms with Crippen LogP contribution in [0.2, 0.25) is 0 Å². The second-order valence-corrected chi connectivity index (χ2v) is 5.16. The lowest BCUT2D eigenvalue weighted by Gasteiger charge is -2.18. The van der Waals surface area contributed by atoms with Crippen molar-refractivity contribution in [2.45, 2.75) is 33.0 Å². The van der Waals surface area contributed by atoms with Gasteiger partial charge in [0.2, 0.25) is 0 Å². The highest BCUT2D eigenvalue weighted by atomic mass is 15.1. The highest BCUT2D eigenvalue weighted by Gasteiger charge is 2.06. The third kappa shape index (κ3) is 3.89. The zero-order chi connectivity index (χ0) is 14.4. The minimum atomic E-state index is 0.495. The van der Waals surface area contributed by atoms with E-state index in [4.69, 9.17) is 5.73 Å². The maximum atomic E-state index is 5.73. The van der Waals surface area contributed by atoms with Crippen LogP contribution in [0.3, 0.4) is 0 Å². The number of aromatic nitrogens is 1. The Balaban J connectivity index is 1.99. The summed E-state index contributed by atoms with van der Waals surface area (Å²) in [5.41, 5.74) is 10.6. The van der Waals surface area contributed by atoms with Gasteiger partial charge in [0.05, 0.1) is 5.69 Å². The van der Waals surface area contributed by atoms with Crippen molar-refractivity contribution in [1.82, 2.24) is 9.88 Å². The molecule has 1 aromatic carbocycles. The molecule has 0 fully saturated rings. The highest BCUT2D eigenvalue weighted by Crippen LogP contribution is 2.12. The lowest BCUT2D eigenvalue weighted by Crippen LogP contribution is -2.19. The maximum Gasteiger partial charge on any atom is 0.0584 e. The minimum Gasteiger partial charge on any atom is -0.325 e. The van der Waals surface area contributed by atoms with Crippen LogP contribution in [0, 0.1) is 0 Å². The van der Waals surface area contributed by atoms with Gasteiger partial charge in [-0.05, 0) is 36.2 Å². The van der Waals surface area contributed by atoms with Gasteiger partial charge >= 0.3 is 0 Å². The molecule has 106 valence electrons. The Kier molecular flexibility index (Phi) is 5.27. The summed E-state index contributed by atoms with van der Waals surface area (Å²) in [5.74, 6) is 0. The molecule has 0 bridgehead atoms. The molecule has 0 amide bonds. The number of nitrogens with zero attached hydrogens (tertiary/aromatic N) is 2. The Bertz CT molecular complexity index is 534. The Labute approximate surface area is 121 Å². The van der Waals surface area contributed by atoms with E-state index < -0.39 is 0 Å². The molecule has 2 aromatic rings. The summed E-state index contributed by atoms with van der Waals surface area (Å²) in [4.78, 5) is 6.62. The van der Waals surface area contributed by atoms with Gasteiger partial charge in [-0.15, -0.1) is 0 Å². The molecular formula is C17H23N3. The lowest BCUT2D eigenvalue weighted by molar-refractivity contribution is 0.317. The smallest absolute Gasteiger partial charge is 0.0584 e. The van der Waals surface area contributed by atoms with Gasteiger partial charge in [0.25, 0.3) is 0 Å². The Morgan fingerprint density at radius 2 is 1.75 bits per heavy atom. The molecule has 0 saturated heterocycles. The molecule has 1 aromatic heterocycles. The van der Waals surface area contributed by atoms with E-state index >= 15 is 0 Å². The summed E-state index contributed by atoms with van der Waals surface area (Å²) in [7, 11) is 2.13. The zero-order valence-electron chi connectivity index (χ0n) is 12.3. The van der Waals surface area contributed by atoms with Gasteiger partial charge < -0.3 is 5.73 Å². The van der Waals surface area contributed by atoms with Crippen molar-refractivity contribution in [3.8, 4) is 0 Å². The molecule has 0 atom stereocenters. The second-order valence-electron chi connectivity index (χ2n) is 5.16. The first kappa shape index (κ1) is 14.7. The number of aryl methyl sites for hydroxylation is 1. The molecule has 1 heterocycles. The summed E-state index contributed by atoms with van der Waals surface area (Å²) < 4.78 is 0. The average molecular weight is 269 g/mol. The largest absolute Gasteiger partial charge is 0.325 e. The third-order valence-corrected chi connectivity index (χ3v) is 3.50. The molecule has 0 aliphatic carbocycles. The van der Waals surface area contributed by atoms with E-state index in [1.165, 1.54) is 16.7 Å². The van der Waals surface area contributed by atoms with Crippen LogP contribution in [0.5, 0.6) is 0 Å². The number of rotatable bonds is 6. The van der Waals surface area contributed by atoms with E-state index in [1.54, 1.807) is 6.20 Å². The third-order valence-electron chi connectivity index (χ3n) is 3.50. The number of pyridine rings is 1. The van der Waals surface area contributed by atoms with Crippen molar-refractivity contribution < 1.29 is 0 Å². The SMILES string of the molecule is CCc1ccc(CN(C)Cc2cccnc2CN)cc1. The highest BCUT2D eigenvalue weighted by molar-refractivity contribution is 5.23. The van der Waals surface area contributed by atoms with E-state index in [0.717, 1.165) is 25.2 Å². The Hall–Kier alpha value is -1.71. The van der Waals surface area contributed by atoms with Crippen molar-refractivity contribution in [2.24, 2.45) is 5.73 Å². The molecule has 0 unspecified atom stereocenters. The van der Waals surface area contributed by atoms with E-state index in [1.807, 2.05) is 6.07 Å². The number of nitrogens with two attached hydrogens (primary N) is 1. The van der Waals surface area contributed by atoms with Crippen molar-refractivity contribution in [3.05, 3.63) is 65.0 Å². The summed E-state index contributed by atoms with van der Waals surface area (Å²) in [6.45, 7) is 4.48.